The Kier molecular flexibility index (Phi) is 6.86. The van der Waals surface area contributed by atoms with E-state index in [1.807, 2.05) is 6.07 Å². The minimum atomic E-state index is -2.10. The van der Waals surface area contributed by atoms with Crippen LogP contribution in [0.3, 0.4) is 0 Å². The molecule has 3 nitrogen and oxygen atoms in total. The molecule has 0 fully saturated rings. The number of benzene rings is 1. The standard InChI is InChI=1S/C19H32BNO2Si/c1-12(2)16-9-10-18(20(22)23)17(11-21)19(16)24(13(3)4,14(5)6)15(7)8/h9-10,12-15,22-23H,1-8H3. The molecule has 132 valence electrons. The minimum absolute atomic E-state index is 0.292. The summed E-state index contributed by atoms with van der Waals surface area (Å²) in [5.74, 6) is 0.292. The third-order valence-corrected chi connectivity index (χ3v) is 12.7. The molecule has 0 heterocycles. The molecule has 0 aliphatic carbocycles. The highest BCUT2D eigenvalue weighted by Gasteiger charge is 2.47. The summed E-state index contributed by atoms with van der Waals surface area (Å²) >= 11 is 0. The van der Waals surface area contributed by atoms with Gasteiger partial charge in [0.1, 0.15) is 0 Å². The molecule has 1 aromatic rings. The van der Waals surface area contributed by atoms with Crippen LogP contribution in [0.2, 0.25) is 16.6 Å². The van der Waals surface area contributed by atoms with E-state index in [0.717, 1.165) is 5.19 Å². The molecule has 1 aromatic carbocycles. The second-order valence-corrected chi connectivity index (χ2v) is 13.9. The summed E-state index contributed by atoms with van der Waals surface area (Å²) in [6.07, 6.45) is 0. The van der Waals surface area contributed by atoms with Crippen molar-refractivity contribution in [3.05, 3.63) is 23.3 Å². The summed E-state index contributed by atoms with van der Waals surface area (Å²) in [5, 5.41) is 30.6. The van der Waals surface area contributed by atoms with E-state index in [4.69, 9.17) is 0 Å². The van der Waals surface area contributed by atoms with Crippen molar-refractivity contribution in [2.75, 3.05) is 0 Å². The number of nitriles is 1. The predicted molar refractivity (Wildman–Crippen MR) is 106 cm³/mol. The SMILES string of the molecule is CC(C)c1ccc(B(O)O)c(C#N)c1[Si](C(C)C)(C(C)C)C(C)C. The highest BCUT2D eigenvalue weighted by atomic mass is 28.3. The van der Waals surface area contributed by atoms with Crippen LogP contribution >= 0.6 is 0 Å². The van der Waals surface area contributed by atoms with Crippen LogP contribution in [0.4, 0.5) is 0 Å². The zero-order valence-electron chi connectivity index (χ0n) is 16.4. The zero-order chi connectivity index (χ0) is 18.8. The Hall–Kier alpha value is -1.09. The largest absolute Gasteiger partial charge is 0.489 e. The number of rotatable bonds is 6. The summed E-state index contributed by atoms with van der Waals surface area (Å²) in [5.41, 5.74) is 3.39. The Labute approximate surface area is 148 Å². The van der Waals surface area contributed by atoms with Gasteiger partial charge in [0.2, 0.25) is 0 Å². The van der Waals surface area contributed by atoms with Gasteiger partial charge in [-0.1, -0.05) is 67.5 Å². The fourth-order valence-corrected chi connectivity index (χ4v) is 12.0. The minimum Gasteiger partial charge on any atom is -0.423 e. The molecular weight excluding hydrogens is 313 g/mol. The first-order valence-corrected chi connectivity index (χ1v) is 11.2. The van der Waals surface area contributed by atoms with E-state index in [-0.39, 0.29) is 0 Å². The average molecular weight is 345 g/mol. The first kappa shape index (κ1) is 21.0. The average Bonchev–Trinajstić information content (AvgIpc) is 2.45. The zero-order valence-corrected chi connectivity index (χ0v) is 17.4. The molecule has 2 N–H and O–H groups in total. The molecule has 0 aliphatic rings. The predicted octanol–water partition coefficient (Wildman–Crippen LogP) is 3.25. The monoisotopic (exact) mass is 345 g/mol. The van der Waals surface area contributed by atoms with Crippen molar-refractivity contribution in [3.8, 4) is 6.07 Å². The van der Waals surface area contributed by atoms with Crippen LogP contribution in [-0.4, -0.2) is 25.2 Å². The molecule has 0 amide bonds. The highest BCUT2D eigenvalue weighted by Crippen LogP contribution is 2.42. The third kappa shape index (κ3) is 3.33. The Bertz CT molecular complexity index is 597. The first-order valence-electron chi connectivity index (χ1n) is 8.96. The van der Waals surface area contributed by atoms with Crippen LogP contribution in [0.5, 0.6) is 0 Å². The summed E-state index contributed by atoms with van der Waals surface area (Å²) in [7, 11) is -3.71. The topological polar surface area (TPSA) is 64.2 Å². The maximum atomic E-state index is 9.91. The van der Waals surface area contributed by atoms with Gasteiger partial charge in [-0.15, -0.1) is 0 Å². The number of hydrogen-bond acceptors (Lipinski definition) is 3. The van der Waals surface area contributed by atoms with Crippen LogP contribution in [0.1, 0.15) is 72.4 Å². The number of nitrogens with zero attached hydrogens (tertiary/aromatic N) is 1. The Morgan fingerprint density at radius 1 is 0.917 bits per heavy atom. The molecule has 5 heteroatoms. The van der Waals surface area contributed by atoms with Crippen LogP contribution in [-0.2, 0) is 0 Å². The fourth-order valence-electron chi connectivity index (χ4n) is 4.78. The molecule has 0 saturated heterocycles. The van der Waals surface area contributed by atoms with Crippen molar-refractivity contribution in [3.63, 3.8) is 0 Å². The molecule has 0 aromatic heterocycles. The Morgan fingerprint density at radius 2 is 1.38 bits per heavy atom. The summed E-state index contributed by atoms with van der Waals surface area (Å²) < 4.78 is 0. The van der Waals surface area contributed by atoms with Gasteiger partial charge < -0.3 is 10.0 Å². The molecular formula is C19H32BNO2Si. The molecule has 0 unspecified atom stereocenters. The van der Waals surface area contributed by atoms with Crippen molar-refractivity contribution in [2.24, 2.45) is 0 Å². The van der Waals surface area contributed by atoms with Crippen LogP contribution in [0, 0.1) is 11.3 Å². The molecule has 0 atom stereocenters. The smallest absolute Gasteiger partial charge is 0.423 e. The molecule has 1 rings (SSSR count). The van der Waals surface area contributed by atoms with Crippen molar-refractivity contribution in [1.29, 1.82) is 5.26 Å². The van der Waals surface area contributed by atoms with Gasteiger partial charge in [-0.3, -0.25) is 0 Å². The van der Waals surface area contributed by atoms with E-state index in [0.29, 0.717) is 33.6 Å². The fraction of sp³-hybridized carbons (Fsp3) is 0.632. The quantitative estimate of drug-likeness (QED) is 0.778. The van der Waals surface area contributed by atoms with Crippen LogP contribution in [0.15, 0.2) is 12.1 Å². The third-order valence-electron chi connectivity index (χ3n) is 5.58. The lowest BCUT2D eigenvalue weighted by molar-refractivity contribution is 0.425. The van der Waals surface area contributed by atoms with Gasteiger partial charge in [-0.2, -0.15) is 5.26 Å². The van der Waals surface area contributed by atoms with Gasteiger partial charge in [0.15, 0.2) is 0 Å². The molecule has 0 aliphatic heterocycles. The Morgan fingerprint density at radius 3 is 1.67 bits per heavy atom. The van der Waals surface area contributed by atoms with E-state index >= 15 is 0 Å². The van der Waals surface area contributed by atoms with E-state index in [9.17, 15) is 15.3 Å². The van der Waals surface area contributed by atoms with Gasteiger partial charge in [0.05, 0.1) is 19.7 Å². The van der Waals surface area contributed by atoms with Gasteiger partial charge in [-0.25, -0.2) is 0 Å². The van der Waals surface area contributed by atoms with E-state index in [1.165, 1.54) is 5.56 Å². The van der Waals surface area contributed by atoms with Gasteiger partial charge in [0.25, 0.3) is 0 Å². The molecule has 0 radical (unpaired) electrons. The van der Waals surface area contributed by atoms with Crippen molar-refractivity contribution >= 4 is 25.8 Å². The normalized spacial score (nSPS) is 12.4. The Balaban J connectivity index is 4.07. The van der Waals surface area contributed by atoms with E-state index in [2.05, 4.69) is 61.5 Å². The van der Waals surface area contributed by atoms with Gasteiger partial charge >= 0.3 is 7.12 Å². The van der Waals surface area contributed by atoms with Crippen LogP contribution < -0.4 is 10.6 Å². The summed E-state index contributed by atoms with van der Waals surface area (Å²) in [4.78, 5) is 0. The lowest BCUT2D eigenvalue weighted by atomic mass is 9.76. The maximum absolute atomic E-state index is 9.91. The lowest BCUT2D eigenvalue weighted by Gasteiger charge is -2.46. The summed E-state index contributed by atoms with van der Waals surface area (Å²) in [6.45, 7) is 17.9. The maximum Gasteiger partial charge on any atom is 0.489 e. The van der Waals surface area contributed by atoms with Gasteiger partial charge in [-0.05, 0) is 38.8 Å². The van der Waals surface area contributed by atoms with Crippen molar-refractivity contribution < 1.29 is 10.0 Å². The van der Waals surface area contributed by atoms with Crippen molar-refractivity contribution in [2.45, 2.75) is 77.9 Å². The second kappa shape index (κ2) is 7.86. The van der Waals surface area contributed by atoms with Gasteiger partial charge in [0, 0.05) is 0 Å². The first-order chi connectivity index (χ1) is 11.0. The molecule has 0 saturated carbocycles. The summed E-state index contributed by atoms with van der Waals surface area (Å²) in [6, 6.07) is 6.04. The number of hydrogen-bond donors (Lipinski definition) is 2. The van der Waals surface area contributed by atoms with Crippen LogP contribution in [0.25, 0.3) is 0 Å². The molecule has 0 spiro atoms. The second-order valence-electron chi connectivity index (χ2n) is 8.03. The molecule has 0 bridgehead atoms. The van der Waals surface area contributed by atoms with E-state index in [1.54, 1.807) is 6.07 Å². The van der Waals surface area contributed by atoms with Crippen molar-refractivity contribution in [1.82, 2.24) is 0 Å². The lowest BCUT2D eigenvalue weighted by Crippen LogP contribution is -2.59. The van der Waals surface area contributed by atoms with E-state index < -0.39 is 15.2 Å². The molecule has 24 heavy (non-hydrogen) atoms. The highest BCUT2D eigenvalue weighted by molar-refractivity contribution is 6.96.